The van der Waals surface area contributed by atoms with E-state index in [0.717, 1.165) is 17.2 Å². The highest BCUT2D eigenvalue weighted by Crippen LogP contribution is 2.21. The first-order valence-electron chi connectivity index (χ1n) is 8.62. The molecule has 3 aromatic carbocycles. The van der Waals surface area contributed by atoms with Crippen molar-refractivity contribution in [2.45, 2.75) is 18.7 Å². The van der Waals surface area contributed by atoms with Gasteiger partial charge in [0.05, 0.1) is 10.6 Å². The molecule has 0 radical (unpaired) electrons. The predicted octanol–water partition coefficient (Wildman–Crippen LogP) is 5.15. The predicted molar refractivity (Wildman–Crippen MR) is 113 cm³/mol. The second-order valence-corrected chi connectivity index (χ2v) is 8.63. The first-order valence-corrected chi connectivity index (χ1v) is 10.5. The van der Waals surface area contributed by atoms with E-state index < -0.39 is 21.7 Å². The van der Waals surface area contributed by atoms with Crippen LogP contribution in [0.4, 0.5) is 15.8 Å². The molecule has 0 saturated carbocycles. The van der Waals surface area contributed by atoms with Gasteiger partial charge in [-0.05, 0) is 79.6 Å². The van der Waals surface area contributed by atoms with Crippen molar-refractivity contribution in [3.8, 4) is 0 Å². The van der Waals surface area contributed by atoms with Gasteiger partial charge in [-0.25, -0.2) is 12.8 Å². The van der Waals surface area contributed by atoms with Crippen molar-refractivity contribution >= 4 is 38.9 Å². The van der Waals surface area contributed by atoms with Crippen LogP contribution >= 0.6 is 11.6 Å². The van der Waals surface area contributed by atoms with E-state index in [1.54, 1.807) is 12.1 Å². The van der Waals surface area contributed by atoms with Gasteiger partial charge in [0.2, 0.25) is 0 Å². The maximum absolute atomic E-state index is 13.8. The molecule has 0 bridgehead atoms. The lowest BCUT2D eigenvalue weighted by atomic mass is 10.1. The molecule has 8 heteroatoms. The van der Waals surface area contributed by atoms with Crippen LogP contribution in [0.1, 0.15) is 21.5 Å². The quantitative estimate of drug-likeness (QED) is 0.585. The fraction of sp³-hybridized carbons (Fsp3) is 0.0952. The average molecular weight is 433 g/mol. The minimum Gasteiger partial charge on any atom is -0.319 e. The highest BCUT2D eigenvalue weighted by atomic mass is 35.5. The van der Waals surface area contributed by atoms with E-state index in [9.17, 15) is 17.6 Å². The summed E-state index contributed by atoms with van der Waals surface area (Å²) < 4.78 is 41.4. The number of halogens is 2. The molecule has 5 nitrogen and oxygen atoms in total. The molecule has 29 heavy (non-hydrogen) atoms. The van der Waals surface area contributed by atoms with Gasteiger partial charge >= 0.3 is 0 Å². The summed E-state index contributed by atoms with van der Waals surface area (Å²) in [6.07, 6.45) is 0. The van der Waals surface area contributed by atoms with Crippen LogP contribution in [0.3, 0.4) is 0 Å². The molecule has 3 aromatic rings. The SMILES string of the molecule is Cc1ccc(S(=O)(=O)Nc2ccc(C(=O)Nc3ccc(Cl)cc3F)cc2)cc1C. The van der Waals surface area contributed by atoms with Crippen molar-refractivity contribution in [1.82, 2.24) is 0 Å². The number of carbonyl (C=O) groups excluding carboxylic acids is 1. The van der Waals surface area contributed by atoms with Crippen LogP contribution in [0.25, 0.3) is 0 Å². The third-order valence-corrected chi connectivity index (χ3v) is 5.98. The zero-order chi connectivity index (χ0) is 21.2. The number of amides is 1. The van der Waals surface area contributed by atoms with Crippen LogP contribution < -0.4 is 10.0 Å². The van der Waals surface area contributed by atoms with Gasteiger partial charge in [-0.15, -0.1) is 0 Å². The topological polar surface area (TPSA) is 75.3 Å². The molecular weight excluding hydrogens is 415 g/mol. The molecule has 0 aliphatic heterocycles. The van der Waals surface area contributed by atoms with Crippen LogP contribution in [0, 0.1) is 19.7 Å². The summed E-state index contributed by atoms with van der Waals surface area (Å²) in [5, 5.41) is 2.67. The van der Waals surface area contributed by atoms with Crippen LogP contribution in [0.5, 0.6) is 0 Å². The van der Waals surface area contributed by atoms with Gasteiger partial charge in [-0.3, -0.25) is 9.52 Å². The number of benzene rings is 3. The molecule has 0 atom stereocenters. The van der Waals surface area contributed by atoms with E-state index >= 15 is 0 Å². The van der Waals surface area contributed by atoms with Crippen molar-refractivity contribution < 1.29 is 17.6 Å². The lowest BCUT2D eigenvalue weighted by Crippen LogP contribution is -2.15. The molecule has 0 fully saturated rings. The fourth-order valence-electron chi connectivity index (χ4n) is 2.57. The highest BCUT2D eigenvalue weighted by Gasteiger charge is 2.16. The summed E-state index contributed by atoms with van der Waals surface area (Å²) >= 11 is 5.69. The molecule has 0 aromatic heterocycles. The lowest BCUT2D eigenvalue weighted by Gasteiger charge is -2.11. The van der Waals surface area contributed by atoms with Gasteiger partial charge in [-0.2, -0.15) is 0 Å². The number of anilines is 2. The summed E-state index contributed by atoms with van der Waals surface area (Å²) in [4.78, 5) is 12.4. The number of nitrogens with one attached hydrogen (secondary N) is 2. The molecule has 0 aliphatic rings. The summed E-state index contributed by atoms with van der Waals surface area (Å²) in [7, 11) is -3.76. The minimum atomic E-state index is -3.76. The number of hydrogen-bond donors (Lipinski definition) is 2. The Labute approximate surface area is 173 Å². The molecule has 1 amide bonds. The third-order valence-electron chi connectivity index (χ3n) is 4.37. The highest BCUT2D eigenvalue weighted by molar-refractivity contribution is 7.92. The van der Waals surface area contributed by atoms with Gasteiger partial charge in [0.25, 0.3) is 15.9 Å². The zero-order valence-corrected chi connectivity index (χ0v) is 17.2. The monoisotopic (exact) mass is 432 g/mol. The Bertz CT molecular complexity index is 1180. The number of aryl methyl sites for hydroxylation is 2. The maximum Gasteiger partial charge on any atom is 0.261 e. The van der Waals surface area contributed by atoms with Crippen molar-refractivity contribution in [1.29, 1.82) is 0 Å². The van der Waals surface area contributed by atoms with Crippen LogP contribution in [0.15, 0.2) is 65.6 Å². The van der Waals surface area contributed by atoms with Crippen molar-refractivity contribution in [2.24, 2.45) is 0 Å². The van der Waals surface area contributed by atoms with Gasteiger partial charge in [0, 0.05) is 16.3 Å². The number of hydrogen-bond acceptors (Lipinski definition) is 3. The smallest absolute Gasteiger partial charge is 0.261 e. The summed E-state index contributed by atoms with van der Waals surface area (Å²) in [6, 6.07) is 14.6. The number of sulfonamides is 1. The van der Waals surface area contributed by atoms with Crippen molar-refractivity contribution in [2.75, 3.05) is 10.0 Å². The molecule has 0 unspecified atom stereocenters. The Morgan fingerprint density at radius 2 is 1.62 bits per heavy atom. The Balaban J connectivity index is 1.74. The molecule has 0 aliphatic carbocycles. The minimum absolute atomic E-state index is 0.001000. The van der Waals surface area contributed by atoms with Crippen LogP contribution in [-0.2, 0) is 10.0 Å². The molecule has 3 rings (SSSR count). The van der Waals surface area contributed by atoms with Gasteiger partial charge in [0.1, 0.15) is 5.82 Å². The largest absolute Gasteiger partial charge is 0.319 e. The second kappa shape index (κ2) is 8.23. The summed E-state index contributed by atoms with van der Waals surface area (Å²) in [6.45, 7) is 3.74. The van der Waals surface area contributed by atoms with Crippen molar-refractivity contribution in [3.05, 3.63) is 88.2 Å². The zero-order valence-electron chi connectivity index (χ0n) is 15.7. The first-order chi connectivity index (χ1) is 13.7. The second-order valence-electron chi connectivity index (χ2n) is 6.51. The van der Waals surface area contributed by atoms with E-state index in [2.05, 4.69) is 10.0 Å². The van der Waals surface area contributed by atoms with E-state index in [1.165, 1.54) is 42.5 Å². The Morgan fingerprint density at radius 3 is 2.24 bits per heavy atom. The molecule has 0 saturated heterocycles. The van der Waals surface area contributed by atoms with Crippen LogP contribution in [-0.4, -0.2) is 14.3 Å². The van der Waals surface area contributed by atoms with Gasteiger partial charge in [0.15, 0.2) is 0 Å². The molecule has 2 N–H and O–H groups in total. The van der Waals surface area contributed by atoms with Gasteiger partial charge in [-0.1, -0.05) is 17.7 Å². The summed E-state index contributed by atoms with van der Waals surface area (Å²) in [5.41, 5.74) is 2.41. The van der Waals surface area contributed by atoms with E-state index in [1.807, 2.05) is 13.8 Å². The molecule has 150 valence electrons. The van der Waals surface area contributed by atoms with E-state index in [-0.39, 0.29) is 21.2 Å². The van der Waals surface area contributed by atoms with Gasteiger partial charge < -0.3 is 5.32 Å². The Kier molecular flexibility index (Phi) is 5.91. The van der Waals surface area contributed by atoms with Crippen LogP contribution in [0.2, 0.25) is 5.02 Å². The standard InChI is InChI=1S/C21H18ClFN2O3S/c1-13-3-9-18(11-14(13)2)29(27,28)25-17-7-4-15(5-8-17)21(26)24-20-10-6-16(22)12-19(20)23/h3-12,25H,1-2H3,(H,24,26). The fourth-order valence-corrected chi connectivity index (χ4v) is 3.87. The Morgan fingerprint density at radius 1 is 0.931 bits per heavy atom. The number of rotatable bonds is 5. The average Bonchev–Trinajstić information content (AvgIpc) is 2.66. The lowest BCUT2D eigenvalue weighted by molar-refractivity contribution is 0.102. The molecule has 0 spiro atoms. The first kappa shape index (κ1) is 20.8. The van der Waals surface area contributed by atoms with E-state index in [0.29, 0.717) is 5.69 Å². The third kappa shape index (κ3) is 4.93. The summed E-state index contributed by atoms with van der Waals surface area (Å²) in [5.74, 6) is -1.18. The Hall–Kier alpha value is -2.90. The molecule has 0 heterocycles. The van der Waals surface area contributed by atoms with E-state index in [4.69, 9.17) is 11.6 Å². The maximum atomic E-state index is 13.8. The normalized spacial score (nSPS) is 11.2. The molecular formula is C21H18ClFN2O3S. The number of carbonyl (C=O) groups is 1. The van der Waals surface area contributed by atoms with Crippen molar-refractivity contribution in [3.63, 3.8) is 0 Å².